The van der Waals surface area contributed by atoms with E-state index in [1.165, 1.54) is 21.1 Å². The van der Waals surface area contributed by atoms with Gasteiger partial charge < -0.3 is 9.88 Å². The zero-order chi connectivity index (χ0) is 18.6. The Kier molecular flexibility index (Phi) is 5.47. The van der Waals surface area contributed by atoms with E-state index >= 15 is 0 Å². The first-order chi connectivity index (χ1) is 13.2. The summed E-state index contributed by atoms with van der Waals surface area (Å²) in [7, 11) is 0. The number of aromatic nitrogens is 3. The molecule has 0 saturated heterocycles. The molecule has 4 rings (SSSR count). The highest BCUT2D eigenvalue weighted by Crippen LogP contribution is 2.38. The largest absolute Gasteiger partial charge is 0.351 e. The zero-order valence-corrected chi connectivity index (χ0v) is 17.2. The molecule has 4 heterocycles. The summed E-state index contributed by atoms with van der Waals surface area (Å²) < 4.78 is 2.00. The number of carbonyl (C=O) groups excluding carboxylic acids is 1. The molecule has 0 spiro atoms. The minimum atomic E-state index is -0.0445. The van der Waals surface area contributed by atoms with Crippen LogP contribution < -0.4 is 5.32 Å². The number of aryl methyl sites for hydroxylation is 2. The standard InChI is InChI=1S/C19H18N4OS3/c1-13-17(18(24)21-7-3-9-23-10-8-20-12-23)27-19(22-13)16-6-5-15(26-16)14-4-2-11-25-14/h2,4-6,8,10-12H,3,7,9H2,1H3,(H,21,24). The molecule has 1 N–H and O–H groups in total. The number of imidazole rings is 1. The molecule has 138 valence electrons. The van der Waals surface area contributed by atoms with E-state index in [2.05, 4.69) is 44.9 Å². The molecule has 0 unspecified atom stereocenters. The summed E-state index contributed by atoms with van der Waals surface area (Å²) in [6, 6.07) is 8.39. The van der Waals surface area contributed by atoms with Crippen molar-refractivity contribution in [2.45, 2.75) is 19.9 Å². The van der Waals surface area contributed by atoms with Crippen LogP contribution in [0, 0.1) is 6.92 Å². The average Bonchev–Trinajstić information content (AvgIpc) is 3.45. The van der Waals surface area contributed by atoms with Crippen molar-refractivity contribution in [3.05, 3.63) is 58.9 Å². The highest BCUT2D eigenvalue weighted by atomic mass is 32.1. The molecule has 5 nitrogen and oxygen atoms in total. The third-order valence-electron chi connectivity index (χ3n) is 4.02. The van der Waals surface area contributed by atoms with Crippen LogP contribution in [0.25, 0.3) is 19.6 Å². The van der Waals surface area contributed by atoms with Crippen molar-refractivity contribution in [2.24, 2.45) is 0 Å². The number of hydrogen-bond donors (Lipinski definition) is 1. The lowest BCUT2D eigenvalue weighted by Crippen LogP contribution is -2.25. The first-order valence-corrected chi connectivity index (χ1v) is 11.1. The van der Waals surface area contributed by atoms with E-state index in [0.717, 1.165) is 28.5 Å². The number of nitrogens with one attached hydrogen (secondary N) is 1. The fourth-order valence-electron chi connectivity index (χ4n) is 2.68. The highest BCUT2D eigenvalue weighted by Gasteiger charge is 2.17. The van der Waals surface area contributed by atoms with Gasteiger partial charge in [0.2, 0.25) is 0 Å². The Labute approximate surface area is 169 Å². The van der Waals surface area contributed by atoms with Gasteiger partial charge in [-0.1, -0.05) is 6.07 Å². The Bertz CT molecular complexity index is 1020. The molecule has 8 heteroatoms. The first-order valence-electron chi connectivity index (χ1n) is 8.56. The van der Waals surface area contributed by atoms with Crippen LogP contribution in [0.5, 0.6) is 0 Å². The Morgan fingerprint density at radius 3 is 2.85 bits per heavy atom. The maximum Gasteiger partial charge on any atom is 0.263 e. The van der Waals surface area contributed by atoms with Crippen molar-refractivity contribution in [3.63, 3.8) is 0 Å². The number of nitrogens with zero attached hydrogens (tertiary/aromatic N) is 3. The van der Waals surface area contributed by atoms with Crippen molar-refractivity contribution in [2.75, 3.05) is 6.54 Å². The molecule has 0 aliphatic carbocycles. The SMILES string of the molecule is Cc1nc(-c2ccc(-c3cccs3)s2)sc1C(=O)NCCCn1ccnc1. The van der Waals surface area contributed by atoms with Crippen molar-refractivity contribution >= 4 is 39.9 Å². The second kappa shape index (κ2) is 8.16. The molecule has 1 amide bonds. The summed E-state index contributed by atoms with van der Waals surface area (Å²) in [5.74, 6) is -0.0445. The van der Waals surface area contributed by atoms with Gasteiger partial charge in [0.25, 0.3) is 5.91 Å². The van der Waals surface area contributed by atoms with Gasteiger partial charge in [0.1, 0.15) is 9.88 Å². The van der Waals surface area contributed by atoms with Crippen LogP contribution in [-0.4, -0.2) is 27.0 Å². The molecule has 0 radical (unpaired) electrons. The molecule has 0 bridgehead atoms. The number of thiazole rings is 1. The summed E-state index contributed by atoms with van der Waals surface area (Å²) in [4.78, 5) is 25.4. The van der Waals surface area contributed by atoms with Gasteiger partial charge in [-0.3, -0.25) is 4.79 Å². The van der Waals surface area contributed by atoms with Gasteiger partial charge in [0, 0.05) is 35.2 Å². The Hall–Kier alpha value is -2.29. The number of hydrogen-bond acceptors (Lipinski definition) is 6. The van der Waals surface area contributed by atoms with Crippen LogP contribution in [0.1, 0.15) is 21.8 Å². The number of amides is 1. The summed E-state index contributed by atoms with van der Waals surface area (Å²) >= 11 is 4.91. The van der Waals surface area contributed by atoms with E-state index in [0.29, 0.717) is 11.4 Å². The fraction of sp³-hybridized carbons (Fsp3) is 0.211. The third-order valence-corrected chi connectivity index (χ3v) is 7.50. The van der Waals surface area contributed by atoms with Crippen molar-refractivity contribution in [1.82, 2.24) is 19.9 Å². The lowest BCUT2D eigenvalue weighted by molar-refractivity contribution is 0.0956. The average molecular weight is 415 g/mol. The van der Waals surface area contributed by atoms with E-state index in [9.17, 15) is 4.79 Å². The molecular formula is C19H18N4OS3. The van der Waals surface area contributed by atoms with E-state index in [-0.39, 0.29) is 5.91 Å². The van der Waals surface area contributed by atoms with Crippen LogP contribution in [0.3, 0.4) is 0 Å². The lowest BCUT2D eigenvalue weighted by atomic mass is 10.3. The van der Waals surface area contributed by atoms with Gasteiger partial charge in [-0.15, -0.1) is 34.0 Å². The van der Waals surface area contributed by atoms with E-state index in [1.54, 1.807) is 35.2 Å². The molecule has 0 saturated carbocycles. The predicted molar refractivity (Wildman–Crippen MR) is 113 cm³/mol. The highest BCUT2D eigenvalue weighted by molar-refractivity contribution is 7.26. The maximum atomic E-state index is 12.5. The first kappa shape index (κ1) is 18.1. The summed E-state index contributed by atoms with van der Waals surface area (Å²) in [6.07, 6.45) is 6.33. The quantitative estimate of drug-likeness (QED) is 0.437. The predicted octanol–water partition coefficient (Wildman–Crippen LogP) is 4.93. The van der Waals surface area contributed by atoms with Gasteiger partial charge in [-0.25, -0.2) is 9.97 Å². The molecule has 0 aliphatic heterocycles. The molecule has 27 heavy (non-hydrogen) atoms. The van der Waals surface area contributed by atoms with Crippen LogP contribution >= 0.6 is 34.0 Å². The molecule has 0 aliphatic rings. The lowest BCUT2D eigenvalue weighted by Gasteiger charge is -2.04. The smallest absolute Gasteiger partial charge is 0.263 e. The van der Waals surface area contributed by atoms with Crippen LogP contribution in [0.2, 0.25) is 0 Å². The van der Waals surface area contributed by atoms with Gasteiger partial charge in [0.15, 0.2) is 0 Å². The topological polar surface area (TPSA) is 59.8 Å². The number of thiophene rings is 2. The molecular weight excluding hydrogens is 396 g/mol. The minimum absolute atomic E-state index is 0.0445. The van der Waals surface area contributed by atoms with E-state index in [4.69, 9.17) is 0 Å². The van der Waals surface area contributed by atoms with Crippen LogP contribution in [0.15, 0.2) is 48.4 Å². The molecule has 0 fully saturated rings. The molecule has 4 aromatic heterocycles. The third kappa shape index (κ3) is 4.18. The molecule has 0 aromatic carbocycles. The Morgan fingerprint density at radius 2 is 2.07 bits per heavy atom. The molecule has 0 atom stereocenters. The van der Waals surface area contributed by atoms with Gasteiger partial charge >= 0.3 is 0 Å². The zero-order valence-electron chi connectivity index (χ0n) is 14.7. The minimum Gasteiger partial charge on any atom is -0.351 e. The second-order valence-electron chi connectivity index (χ2n) is 5.98. The molecule has 4 aromatic rings. The Morgan fingerprint density at radius 1 is 1.19 bits per heavy atom. The van der Waals surface area contributed by atoms with E-state index < -0.39 is 0 Å². The summed E-state index contributed by atoms with van der Waals surface area (Å²) in [5, 5.41) is 5.98. The van der Waals surface area contributed by atoms with Crippen molar-refractivity contribution < 1.29 is 4.79 Å². The summed E-state index contributed by atoms with van der Waals surface area (Å²) in [5.41, 5.74) is 0.785. The number of rotatable bonds is 7. The second-order valence-corrected chi connectivity index (χ2v) is 9.02. The van der Waals surface area contributed by atoms with Gasteiger partial charge in [-0.05, 0) is 36.9 Å². The van der Waals surface area contributed by atoms with Crippen LogP contribution in [-0.2, 0) is 6.54 Å². The van der Waals surface area contributed by atoms with Crippen molar-refractivity contribution in [3.8, 4) is 19.6 Å². The Balaban J connectivity index is 1.39. The summed E-state index contributed by atoms with van der Waals surface area (Å²) in [6.45, 7) is 3.37. The van der Waals surface area contributed by atoms with Gasteiger partial charge in [-0.2, -0.15) is 0 Å². The van der Waals surface area contributed by atoms with Crippen molar-refractivity contribution in [1.29, 1.82) is 0 Å². The normalized spacial score (nSPS) is 11.0. The van der Waals surface area contributed by atoms with E-state index in [1.807, 2.05) is 17.7 Å². The van der Waals surface area contributed by atoms with Gasteiger partial charge in [0.05, 0.1) is 16.9 Å². The maximum absolute atomic E-state index is 12.5. The monoisotopic (exact) mass is 414 g/mol. The van der Waals surface area contributed by atoms with Crippen LogP contribution in [0.4, 0.5) is 0 Å². The number of carbonyl (C=O) groups is 1. The fourth-order valence-corrected chi connectivity index (χ4v) is 5.56.